The molecule has 0 saturated heterocycles. The van der Waals surface area contributed by atoms with E-state index in [1.54, 1.807) is 42.6 Å². The van der Waals surface area contributed by atoms with Crippen molar-refractivity contribution in [1.82, 2.24) is 4.98 Å². The Labute approximate surface area is 104 Å². The highest BCUT2D eigenvalue weighted by atomic mass is 16.1. The molecule has 2 rings (SSSR count). The fraction of sp³-hybridized carbons (Fsp3) is 0.154. The number of hydrogen-bond donors (Lipinski definition) is 2. The highest BCUT2D eigenvalue weighted by Crippen LogP contribution is 2.34. The van der Waals surface area contributed by atoms with Gasteiger partial charge in [-0.25, -0.2) is 0 Å². The van der Waals surface area contributed by atoms with Gasteiger partial charge in [-0.2, -0.15) is 0 Å². The Hall–Kier alpha value is -2.43. The summed E-state index contributed by atoms with van der Waals surface area (Å²) in [5, 5.41) is 0. The predicted molar refractivity (Wildman–Crippen MR) is 66.1 cm³/mol. The van der Waals surface area contributed by atoms with Gasteiger partial charge in [0.25, 0.3) is 0 Å². The van der Waals surface area contributed by atoms with E-state index in [-0.39, 0.29) is 6.42 Å². The summed E-state index contributed by atoms with van der Waals surface area (Å²) in [6.07, 6.45) is 6.58. The average molecular weight is 243 g/mol. The van der Waals surface area contributed by atoms with Crippen LogP contribution in [0.5, 0.6) is 0 Å². The standard InChI is InChI=1S/C13H13N3O2/c14-11(17)9-4-3-6-13(8-9,12(15)18)10-5-1-2-7-16-10/h1-7H,8H2,(H2,14,17)(H2,15,18). The fourth-order valence-corrected chi connectivity index (χ4v) is 2.01. The van der Waals surface area contributed by atoms with Crippen LogP contribution in [0.4, 0.5) is 0 Å². The van der Waals surface area contributed by atoms with Crippen LogP contribution in [0.15, 0.2) is 48.2 Å². The van der Waals surface area contributed by atoms with Crippen LogP contribution in [0.25, 0.3) is 0 Å². The number of carbonyl (C=O) groups excluding carboxylic acids is 2. The second kappa shape index (κ2) is 4.44. The van der Waals surface area contributed by atoms with Crippen LogP contribution >= 0.6 is 0 Å². The first-order valence-electron chi connectivity index (χ1n) is 5.46. The van der Waals surface area contributed by atoms with Crippen molar-refractivity contribution in [2.24, 2.45) is 11.5 Å². The van der Waals surface area contributed by atoms with Crippen molar-refractivity contribution >= 4 is 11.8 Å². The quantitative estimate of drug-likeness (QED) is 0.791. The van der Waals surface area contributed by atoms with Gasteiger partial charge in [-0.05, 0) is 12.1 Å². The molecule has 1 aromatic rings. The Morgan fingerprint density at radius 2 is 2.06 bits per heavy atom. The lowest BCUT2D eigenvalue weighted by Crippen LogP contribution is -2.42. The molecule has 5 nitrogen and oxygen atoms in total. The monoisotopic (exact) mass is 243 g/mol. The molecule has 1 atom stereocenters. The molecular weight excluding hydrogens is 230 g/mol. The Kier molecular flexibility index (Phi) is 2.97. The van der Waals surface area contributed by atoms with E-state index in [0.29, 0.717) is 11.3 Å². The van der Waals surface area contributed by atoms with Gasteiger partial charge >= 0.3 is 0 Å². The number of primary amides is 2. The number of pyridine rings is 1. The maximum Gasteiger partial charge on any atom is 0.244 e. The number of amides is 2. The number of nitrogens with two attached hydrogens (primary N) is 2. The molecule has 0 bridgehead atoms. The smallest absolute Gasteiger partial charge is 0.244 e. The lowest BCUT2D eigenvalue weighted by atomic mass is 9.74. The molecule has 1 unspecified atom stereocenters. The summed E-state index contributed by atoms with van der Waals surface area (Å²) in [4.78, 5) is 27.2. The molecule has 1 aliphatic carbocycles. The van der Waals surface area contributed by atoms with E-state index in [2.05, 4.69) is 4.98 Å². The number of rotatable bonds is 3. The van der Waals surface area contributed by atoms with Gasteiger partial charge in [0.1, 0.15) is 5.41 Å². The van der Waals surface area contributed by atoms with Gasteiger partial charge in [0.05, 0.1) is 5.69 Å². The van der Waals surface area contributed by atoms with Gasteiger partial charge in [0.2, 0.25) is 11.8 Å². The van der Waals surface area contributed by atoms with E-state index in [1.807, 2.05) is 0 Å². The van der Waals surface area contributed by atoms with Crippen LogP contribution < -0.4 is 11.5 Å². The molecule has 0 saturated carbocycles. The maximum atomic E-state index is 11.8. The SMILES string of the molecule is NC(=O)C1=CC=CC(C(N)=O)(c2ccccn2)C1. The van der Waals surface area contributed by atoms with Crippen LogP contribution in [0.3, 0.4) is 0 Å². The van der Waals surface area contributed by atoms with Crippen molar-refractivity contribution in [3.05, 3.63) is 53.9 Å². The number of hydrogen-bond acceptors (Lipinski definition) is 3. The summed E-state index contributed by atoms with van der Waals surface area (Å²) < 4.78 is 0. The third kappa shape index (κ3) is 1.90. The number of nitrogens with zero attached hydrogens (tertiary/aromatic N) is 1. The highest BCUT2D eigenvalue weighted by molar-refractivity contribution is 5.97. The molecule has 2 amide bonds. The highest BCUT2D eigenvalue weighted by Gasteiger charge is 2.40. The second-order valence-electron chi connectivity index (χ2n) is 4.14. The summed E-state index contributed by atoms with van der Waals surface area (Å²) in [5.41, 5.74) is 10.5. The normalized spacial score (nSPS) is 22.3. The van der Waals surface area contributed by atoms with E-state index >= 15 is 0 Å². The minimum absolute atomic E-state index is 0.144. The van der Waals surface area contributed by atoms with Crippen LogP contribution in [0.2, 0.25) is 0 Å². The molecule has 1 aromatic heterocycles. The Morgan fingerprint density at radius 1 is 1.28 bits per heavy atom. The maximum absolute atomic E-state index is 11.8. The topological polar surface area (TPSA) is 99.1 Å². The molecule has 4 N–H and O–H groups in total. The van der Waals surface area contributed by atoms with Crippen molar-refractivity contribution < 1.29 is 9.59 Å². The number of carbonyl (C=O) groups is 2. The van der Waals surface area contributed by atoms with Crippen LogP contribution in [0.1, 0.15) is 12.1 Å². The van der Waals surface area contributed by atoms with Gasteiger partial charge < -0.3 is 11.5 Å². The second-order valence-corrected chi connectivity index (χ2v) is 4.14. The lowest BCUT2D eigenvalue weighted by molar-refractivity contribution is -0.122. The van der Waals surface area contributed by atoms with Crippen molar-refractivity contribution in [3.63, 3.8) is 0 Å². The zero-order valence-corrected chi connectivity index (χ0v) is 9.67. The van der Waals surface area contributed by atoms with E-state index in [4.69, 9.17) is 11.5 Å². The lowest BCUT2D eigenvalue weighted by Gasteiger charge is -2.29. The fourth-order valence-electron chi connectivity index (χ4n) is 2.01. The van der Waals surface area contributed by atoms with Crippen molar-refractivity contribution in [2.75, 3.05) is 0 Å². The summed E-state index contributed by atoms with van der Waals surface area (Å²) in [5.74, 6) is -1.11. The molecule has 0 radical (unpaired) electrons. The minimum Gasteiger partial charge on any atom is -0.369 e. The predicted octanol–water partition coefficient (Wildman–Crippen LogP) is 0.176. The summed E-state index contributed by atoms with van der Waals surface area (Å²) >= 11 is 0. The Balaban J connectivity index is 2.49. The summed E-state index contributed by atoms with van der Waals surface area (Å²) in [6, 6.07) is 5.22. The summed E-state index contributed by atoms with van der Waals surface area (Å²) in [7, 11) is 0. The number of aromatic nitrogens is 1. The van der Waals surface area contributed by atoms with Gasteiger partial charge in [-0.15, -0.1) is 0 Å². The molecule has 18 heavy (non-hydrogen) atoms. The van der Waals surface area contributed by atoms with Gasteiger partial charge in [-0.1, -0.05) is 24.3 Å². The van der Waals surface area contributed by atoms with E-state index < -0.39 is 17.2 Å². The van der Waals surface area contributed by atoms with Gasteiger partial charge in [0, 0.05) is 18.2 Å². The van der Waals surface area contributed by atoms with Crippen LogP contribution in [0, 0.1) is 0 Å². The molecule has 5 heteroatoms. The molecule has 1 aliphatic rings. The van der Waals surface area contributed by atoms with Gasteiger partial charge in [0.15, 0.2) is 0 Å². The van der Waals surface area contributed by atoms with Crippen molar-refractivity contribution in [1.29, 1.82) is 0 Å². The largest absolute Gasteiger partial charge is 0.369 e. The Morgan fingerprint density at radius 3 is 2.61 bits per heavy atom. The van der Waals surface area contributed by atoms with Crippen LogP contribution in [-0.4, -0.2) is 16.8 Å². The molecule has 92 valence electrons. The molecular formula is C13H13N3O2. The number of allylic oxidation sites excluding steroid dienone is 2. The third-order valence-corrected chi connectivity index (χ3v) is 3.03. The van der Waals surface area contributed by atoms with Gasteiger partial charge in [-0.3, -0.25) is 14.6 Å². The molecule has 0 fully saturated rings. The van der Waals surface area contributed by atoms with Crippen molar-refractivity contribution in [2.45, 2.75) is 11.8 Å². The van der Waals surface area contributed by atoms with Crippen LogP contribution in [-0.2, 0) is 15.0 Å². The van der Waals surface area contributed by atoms with E-state index in [0.717, 1.165) is 0 Å². The van der Waals surface area contributed by atoms with E-state index in [1.165, 1.54) is 0 Å². The molecule has 1 heterocycles. The van der Waals surface area contributed by atoms with Crippen molar-refractivity contribution in [3.8, 4) is 0 Å². The zero-order chi connectivity index (χ0) is 13.2. The molecule has 0 spiro atoms. The minimum atomic E-state index is -1.10. The Bertz CT molecular complexity index is 549. The first-order chi connectivity index (χ1) is 8.56. The first-order valence-corrected chi connectivity index (χ1v) is 5.46. The average Bonchev–Trinajstić information content (AvgIpc) is 2.39. The molecule has 0 aromatic carbocycles. The molecule has 0 aliphatic heterocycles. The third-order valence-electron chi connectivity index (χ3n) is 3.03. The van der Waals surface area contributed by atoms with E-state index in [9.17, 15) is 9.59 Å². The summed E-state index contributed by atoms with van der Waals surface area (Å²) in [6.45, 7) is 0. The zero-order valence-electron chi connectivity index (χ0n) is 9.67. The first kappa shape index (κ1) is 12.0.